The van der Waals surface area contributed by atoms with Gasteiger partial charge in [-0.15, -0.1) is 0 Å². The molecule has 2 aromatic carbocycles. The van der Waals surface area contributed by atoms with Gasteiger partial charge in [-0.2, -0.15) is 13.2 Å². The summed E-state index contributed by atoms with van der Waals surface area (Å²) in [5, 5.41) is 7.69. The zero-order valence-electron chi connectivity index (χ0n) is 27.9. The largest absolute Gasteiger partial charge is 0.458 e. The summed E-state index contributed by atoms with van der Waals surface area (Å²) in [6.07, 6.45) is -5.35. The Kier molecular flexibility index (Phi) is 14.2. The number of hydrogen-bond acceptors (Lipinski definition) is 8. The first kappa shape index (κ1) is 41.1. The molecule has 1 atom stereocenters. The van der Waals surface area contributed by atoms with E-state index in [1.54, 1.807) is 41.5 Å². The Bertz CT molecular complexity index is 1590. The molecule has 0 heterocycles. The Labute approximate surface area is 289 Å². The monoisotopic (exact) mass is 739 g/mol. The molecule has 0 bridgehead atoms. The quantitative estimate of drug-likeness (QED) is 0.150. The number of alkyl carbamates (subject to hydrolysis) is 1. The van der Waals surface area contributed by atoms with Gasteiger partial charge >= 0.3 is 18.2 Å². The maximum atomic E-state index is 14.1. The highest BCUT2D eigenvalue weighted by atomic mass is 35.5. The summed E-state index contributed by atoms with van der Waals surface area (Å²) in [5.41, 5.74) is -3.29. The van der Waals surface area contributed by atoms with Crippen LogP contribution in [0.4, 0.5) is 18.0 Å². The molecule has 2 rings (SSSR count). The first-order valence-electron chi connectivity index (χ1n) is 15.1. The number of carbonyl (C=O) groups is 3. The molecule has 0 aromatic heterocycles. The van der Waals surface area contributed by atoms with Crippen LogP contribution in [0.2, 0.25) is 10.0 Å². The van der Waals surface area contributed by atoms with Crippen molar-refractivity contribution in [2.24, 2.45) is 0 Å². The number of carbonyl (C=O) groups excluding carboxylic acids is 3. The Morgan fingerprint density at radius 3 is 2.10 bits per heavy atom. The lowest BCUT2D eigenvalue weighted by molar-refractivity contribution is -0.157. The summed E-state index contributed by atoms with van der Waals surface area (Å²) in [5.74, 6) is -1.81. The lowest BCUT2D eigenvalue weighted by atomic mass is 10.0. The minimum atomic E-state index is -4.87. The second-order valence-corrected chi connectivity index (χ2v) is 16.0. The van der Waals surface area contributed by atoms with E-state index in [2.05, 4.69) is 16.0 Å². The summed E-state index contributed by atoms with van der Waals surface area (Å²) in [4.78, 5) is 37.9. The van der Waals surface area contributed by atoms with Crippen LogP contribution in [0.5, 0.6) is 0 Å². The number of hydrogen-bond donors (Lipinski definition) is 3. The zero-order valence-corrected chi connectivity index (χ0v) is 30.2. The fourth-order valence-electron chi connectivity index (χ4n) is 4.34. The molecule has 0 saturated carbocycles. The van der Waals surface area contributed by atoms with E-state index in [1.807, 2.05) is 0 Å². The van der Waals surface area contributed by atoms with Gasteiger partial charge in [-0.25, -0.2) is 18.0 Å². The second-order valence-electron chi connectivity index (χ2n) is 12.9. The van der Waals surface area contributed by atoms with Crippen molar-refractivity contribution in [3.63, 3.8) is 0 Å². The predicted octanol–water partition coefficient (Wildman–Crippen LogP) is 6.84. The molecule has 0 saturated heterocycles. The van der Waals surface area contributed by atoms with Crippen molar-refractivity contribution in [2.45, 2.75) is 103 Å². The summed E-state index contributed by atoms with van der Waals surface area (Å²) in [6, 6.07) is 4.74. The van der Waals surface area contributed by atoms with Crippen molar-refractivity contribution in [2.75, 3.05) is 12.3 Å². The van der Waals surface area contributed by atoms with E-state index in [0.717, 1.165) is 6.07 Å². The van der Waals surface area contributed by atoms with Crippen LogP contribution in [0, 0.1) is 0 Å². The summed E-state index contributed by atoms with van der Waals surface area (Å²) < 4.78 is 78.0. The number of amides is 2. The molecular formula is C32H42Cl2F3N3O7S. The average Bonchev–Trinajstić information content (AvgIpc) is 2.92. The third-order valence-electron chi connectivity index (χ3n) is 6.47. The smallest absolute Gasteiger partial charge is 0.416 e. The lowest BCUT2D eigenvalue weighted by Gasteiger charge is -2.26. The van der Waals surface area contributed by atoms with Crippen LogP contribution in [-0.2, 0) is 43.4 Å². The Balaban J connectivity index is 2.16. The van der Waals surface area contributed by atoms with E-state index < -0.39 is 56.8 Å². The predicted molar refractivity (Wildman–Crippen MR) is 177 cm³/mol. The molecule has 2 aromatic rings. The van der Waals surface area contributed by atoms with E-state index in [9.17, 15) is 36.0 Å². The second kappa shape index (κ2) is 16.6. The van der Waals surface area contributed by atoms with Crippen LogP contribution in [-0.4, -0.2) is 55.9 Å². The van der Waals surface area contributed by atoms with Crippen molar-refractivity contribution in [1.82, 2.24) is 16.0 Å². The maximum absolute atomic E-state index is 14.1. The molecule has 10 nitrogen and oxygen atoms in total. The van der Waals surface area contributed by atoms with Gasteiger partial charge in [0.25, 0.3) is 5.91 Å². The van der Waals surface area contributed by atoms with Gasteiger partial charge < -0.3 is 25.4 Å². The number of esters is 1. The molecule has 0 radical (unpaired) electrons. The van der Waals surface area contributed by atoms with Crippen molar-refractivity contribution in [1.29, 1.82) is 0 Å². The molecule has 48 heavy (non-hydrogen) atoms. The molecule has 2 amide bonds. The summed E-state index contributed by atoms with van der Waals surface area (Å²) >= 11 is 12.3. The lowest BCUT2D eigenvalue weighted by Crippen LogP contribution is -2.46. The number of benzene rings is 2. The van der Waals surface area contributed by atoms with Crippen LogP contribution >= 0.6 is 23.2 Å². The van der Waals surface area contributed by atoms with E-state index in [1.165, 1.54) is 25.1 Å². The number of rotatable bonds is 13. The highest BCUT2D eigenvalue weighted by molar-refractivity contribution is 7.91. The summed E-state index contributed by atoms with van der Waals surface area (Å²) in [7, 11) is -3.67. The third kappa shape index (κ3) is 13.1. The van der Waals surface area contributed by atoms with Gasteiger partial charge in [0.05, 0.1) is 16.2 Å². The number of halogens is 5. The summed E-state index contributed by atoms with van der Waals surface area (Å²) in [6.45, 7) is 10.9. The maximum Gasteiger partial charge on any atom is 0.416 e. The Morgan fingerprint density at radius 1 is 0.917 bits per heavy atom. The number of sulfone groups is 1. The molecule has 0 aliphatic carbocycles. The molecular weight excluding hydrogens is 698 g/mol. The molecule has 268 valence electrons. The van der Waals surface area contributed by atoms with Gasteiger partial charge in [-0.3, -0.25) is 4.79 Å². The van der Waals surface area contributed by atoms with Gasteiger partial charge in [0.2, 0.25) is 0 Å². The van der Waals surface area contributed by atoms with E-state index in [-0.39, 0.29) is 69.9 Å². The van der Waals surface area contributed by atoms with Gasteiger partial charge in [-0.1, -0.05) is 30.1 Å². The van der Waals surface area contributed by atoms with Crippen LogP contribution in [0.15, 0.2) is 35.2 Å². The van der Waals surface area contributed by atoms with E-state index in [4.69, 9.17) is 32.7 Å². The fraction of sp³-hybridized carbons (Fsp3) is 0.531. The van der Waals surface area contributed by atoms with Crippen LogP contribution in [0.3, 0.4) is 0 Å². The molecule has 0 spiro atoms. The van der Waals surface area contributed by atoms with Crippen molar-refractivity contribution >= 4 is 51.0 Å². The molecule has 0 fully saturated rings. The van der Waals surface area contributed by atoms with Crippen molar-refractivity contribution < 1.29 is 45.4 Å². The minimum absolute atomic E-state index is 0.0526. The molecule has 3 N–H and O–H groups in total. The van der Waals surface area contributed by atoms with E-state index in [0.29, 0.717) is 6.07 Å². The van der Waals surface area contributed by atoms with Crippen molar-refractivity contribution in [3.8, 4) is 0 Å². The normalized spacial score (nSPS) is 13.1. The first-order chi connectivity index (χ1) is 21.9. The van der Waals surface area contributed by atoms with Crippen molar-refractivity contribution in [3.05, 3.63) is 62.6 Å². The average molecular weight is 741 g/mol. The van der Waals surface area contributed by atoms with Gasteiger partial charge in [0.15, 0.2) is 9.84 Å². The van der Waals surface area contributed by atoms with Gasteiger partial charge in [0.1, 0.15) is 17.2 Å². The van der Waals surface area contributed by atoms with Crippen LogP contribution in [0.1, 0.15) is 88.4 Å². The Hall–Kier alpha value is -3.07. The first-order valence-corrected chi connectivity index (χ1v) is 17.5. The zero-order chi connectivity index (χ0) is 36.7. The molecule has 0 aliphatic heterocycles. The molecule has 0 unspecified atom stereocenters. The molecule has 0 aliphatic rings. The molecule has 16 heteroatoms. The van der Waals surface area contributed by atoms with Crippen LogP contribution < -0.4 is 16.0 Å². The highest BCUT2D eigenvalue weighted by Gasteiger charge is 2.35. The van der Waals surface area contributed by atoms with Gasteiger partial charge in [-0.05, 0) is 102 Å². The minimum Gasteiger partial charge on any atom is -0.458 e. The van der Waals surface area contributed by atoms with Gasteiger partial charge in [0, 0.05) is 28.7 Å². The number of nitrogens with one attached hydrogen (secondary N) is 3. The number of alkyl halides is 3. The third-order valence-corrected chi connectivity index (χ3v) is 8.87. The standard InChI is InChI=1S/C32H42Cl2F3N3O7S/c1-8-48(44,45)26-12-11-21(33)14-20(26)17-39-27(41)19-15-23(32(35,36)37)22(24(34)16-19)18-38-13-9-10-25(28(42)46-30(2,3)4)40-29(43)47-31(5,6)7/h11-12,14-16,25,38H,8-10,13,17-18H2,1-7H3,(H,39,41)(H,40,43)/t25-/m0/s1. The fourth-order valence-corrected chi connectivity index (χ4v) is 5.94. The topological polar surface area (TPSA) is 140 Å². The highest BCUT2D eigenvalue weighted by Crippen LogP contribution is 2.36. The SMILES string of the molecule is CCS(=O)(=O)c1ccc(Cl)cc1CNC(=O)c1cc(Cl)c(CNCCC[C@H](NC(=O)OC(C)(C)C)C(=O)OC(C)(C)C)c(C(F)(F)F)c1. The van der Waals surface area contributed by atoms with Crippen LogP contribution in [0.25, 0.3) is 0 Å². The number of ether oxygens (including phenoxy) is 2. The van der Waals surface area contributed by atoms with E-state index >= 15 is 0 Å². The Morgan fingerprint density at radius 2 is 1.54 bits per heavy atom.